The number of hydrogen-bond acceptors (Lipinski definition) is 3. The summed E-state index contributed by atoms with van der Waals surface area (Å²) in [5, 5.41) is 0. The van der Waals surface area contributed by atoms with Crippen LogP contribution in [0, 0.1) is 5.41 Å². The van der Waals surface area contributed by atoms with E-state index in [1.54, 1.807) is 0 Å². The van der Waals surface area contributed by atoms with Crippen LogP contribution in [0.5, 0.6) is 0 Å². The molecule has 4 nitrogen and oxygen atoms in total. The lowest BCUT2D eigenvalue weighted by Gasteiger charge is -2.39. The first-order valence-corrected chi connectivity index (χ1v) is 6.76. The molecule has 2 rings (SSSR count). The van der Waals surface area contributed by atoms with E-state index in [0.717, 1.165) is 18.9 Å². The van der Waals surface area contributed by atoms with E-state index in [1.807, 2.05) is 19.4 Å². The van der Waals surface area contributed by atoms with E-state index in [9.17, 15) is 0 Å². The summed E-state index contributed by atoms with van der Waals surface area (Å²) in [7, 11) is 4.23. The molecule has 1 aromatic heterocycles. The van der Waals surface area contributed by atoms with Crippen molar-refractivity contribution in [3.63, 3.8) is 0 Å². The first-order chi connectivity index (χ1) is 8.38. The second-order valence-electron chi connectivity index (χ2n) is 6.58. The molecular formula is C14H26N4. The number of nitrogens with two attached hydrogens (primary N) is 1. The zero-order valence-electron chi connectivity index (χ0n) is 12.1. The van der Waals surface area contributed by atoms with Gasteiger partial charge in [-0.1, -0.05) is 13.8 Å². The van der Waals surface area contributed by atoms with Crippen LogP contribution in [0.2, 0.25) is 0 Å². The van der Waals surface area contributed by atoms with Gasteiger partial charge < -0.3 is 10.3 Å². The Morgan fingerprint density at radius 3 is 2.61 bits per heavy atom. The lowest BCUT2D eigenvalue weighted by atomic mass is 9.87. The largest absolute Gasteiger partial charge is 0.337 e. The van der Waals surface area contributed by atoms with Crippen molar-refractivity contribution in [2.75, 3.05) is 13.6 Å². The molecule has 0 aliphatic heterocycles. The highest BCUT2D eigenvalue weighted by atomic mass is 15.2. The van der Waals surface area contributed by atoms with Crippen molar-refractivity contribution in [2.45, 2.75) is 45.2 Å². The minimum Gasteiger partial charge on any atom is -0.337 e. The minimum absolute atomic E-state index is 0.148. The summed E-state index contributed by atoms with van der Waals surface area (Å²) in [5.74, 6) is 1.11. The Labute approximate surface area is 110 Å². The Balaban J connectivity index is 2.12. The van der Waals surface area contributed by atoms with Crippen LogP contribution in [-0.2, 0) is 13.6 Å². The average molecular weight is 250 g/mol. The number of aryl methyl sites for hydroxylation is 1. The number of likely N-dealkylation sites (N-methyl/N-ethyl adjacent to an activating group) is 1. The van der Waals surface area contributed by atoms with Crippen LogP contribution in [0.15, 0.2) is 12.4 Å². The van der Waals surface area contributed by atoms with E-state index >= 15 is 0 Å². The summed E-state index contributed by atoms with van der Waals surface area (Å²) >= 11 is 0. The van der Waals surface area contributed by atoms with Gasteiger partial charge >= 0.3 is 0 Å². The molecule has 0 bridgehead atoms. The van der Waals surface area contributed by atoms with Gasteiger partial charge in [0, 0.05) is 31.5 Å². The molecule has 18 heavy (non-hydrogen) atoms. The van der Waals surface area contributed by atoms with Crippen LogP contribution >= 0.6 is 0 Å². The Morgan fingerprint density at radius 1 is 1.44 bits per heavy atom. The van der Waals surface area contributed by atoms with Gasteiger partial charge in [0.2, 0.25) is 0 Å². The van der Waals surface area contributed by atoms with Crippen LogP contribution in [0.3, 0.4) is 0 Å². The SMILES string of the molecule is CN(Cc1nccn1C)C1(CN)CCC(C)(C)C1. The van der Waals surface area contributed by atoms with E-state index in [-0.39, 0.29) is 5.54 Å². The molecule has 102 valence electrons. The molecule has 1 aliphatic rings. The van der Waals surface area contributed by atoms with Crippen molar-refractivity contribution in [2.24, 2.45) is 18.2 Å². The van der Waals surface area contributed by atoms with Crippen molar-refractivity contribution in [3.05, 3.63) is 18.2 Å². The van der Waals surface area contributed by atoms with Gasteiger partial charge in [0.05, 0.1) is 6.54 Å². The van der Waals surface area contributed by atoms with E-state index in [1.165, 1.54) is 19.3 Å². The van der Waals surface area contributed by atoms with Crippen molar-refractivity contribution in [1.29, 1.82) is 0 Å². The second-order valence-corrected chi connectivity index (χ2v) is 6.58. The topological polar surface area (TPSA) is 47.1 Å². The van der Waals surface area contributed by atoms with E-state index in [2.05, 4.69) is 35.3 Å². The molecule has 4 heteroatoms. The summed E-state index contributed by atoms with van der Waals surface area (Å²) in [5.41, 5.74) is 6.65. The fourth-order valence-corrected chi connectivity index (χ4v) is 3.22. The normalized spacial score (nSPS) is 27.0. The van der Waals surface area contributed by atoms with Gasteiger partial charge in [-0.15, -0.1) is 0 Å². The Kier molecular flexibility index (Phi) is 3.52. The number of aromatic nitrogens is 2. The fraction of sp³-hybridized carbons (Fsp3) is 0.786. The maximum Gasteiger partial charge on any atom is 0.122 e. The monoisotopic (exact) mass is 250 g/mol. The van der Waals surface area contributed by atoms with E-state index in [0.29, 0.717) is 5.41 Å². The molecule has 1 atom stereocenters. The Morgan fingerprint density at radius 2 is 2.17 bits per heavy atom. The van der Waals surface area contributed by atoms with Crippen LogP contribution in [0.4, 0.5) is 0 Å². The first-order valence-electron chi connectivity index (χ1n) is 6.76. The van der Waals surface area contributed by atoms with Gasteiger partial charge in [-0.2, -0.15) is 0 Å². The molecule has 1 aliphatic carbocycles. The van der Waals surface area contributed by atoms with Gasteiger partial charge in [0.25, 0.3) is 0 Å². The molecule has 1 fully saturated rings. The maximum atomic E-state index is 6.09. The van der Waals surface area contributed by atoms with Crippen molar-refractivity contribution in [3.8, 4) is 0 Å². The van der Waals surface area contributed by atoms with Gasteiger partial charge in [-0.25, -0.2) is 4.98 Å². The van der Waals surface area contributed by atoms with Crippen LogP contribution < -0.4 is 5.73 Å². The van der Waals surface area contributed by atoms with Gasteiger partial charge in [-0.05, 0) is 31.7 Å². The lowest BCUT2D eigenvalue weighted by Crippen LogP contribution is -2.50. The summed E-state index contributed by atoms with van der Waals surface area (Å²) in [6.07, 6.45) is 7.48. The van der Waals surface area contributed by atoms with Crippen LogP contribution in [0.25, 0.3) is 0 Å². The molecular weight excluding hydrogens is 224 g/mol. The molecule has 0 aromatic carbocycles. The predicted molar refractivity (Wildman–Crippen MR) is 74.1 cm³/mol. The summed E-state index contributed by atoms with van der Waals surface area (Å²) in [4.78, 5) is 6.82. The van der Waals surface area contributed by atoms with Crippen LogP contribution in [-0.4, -0.2) is 33.6 Å². The fourth-order valence-electron chi connectivity index (χ4n) is 3.22. The lowest BCUT2D eigenvalue weighted by molar-refractivity contribution is 0.107. The third kappa shape index (κ3) is 2.45. The highest BCUT2D eigenvalue weighted by Crippen LogP contribution is 2.46. The number of rotatable bonds is 4. The highest BCUT2D eigenvalue weighted by Gasteiger charge is 2.44. The number of hydrogen-bond donors (Lipinski definition) is 1. The van der Waals surface area contributed by atoms with Crippen molar-refractivity contribution in [1.82, 2.24) is 14.5 Å². The van der Waals surface area contributed by atoms with Crippen molar-refractivity contribution >= 4 is 0 Å². The third-order valence-corrected chi connectivity index (χ3v) is 4.56. The smallest absolute Gasteiger partial charge is 0.122 e. The zero-order chi connectivity index (χ0) is 13.4. The average Bonchev–Trinajstić information content (AvgIpc) is 2.84. The standard InChI is InChI=1S/C14H26N4/c1-13(2)5-6-14(10-13,11-15)18(4)9-12-16-7-8-17(12)3/h7-8H,5-6,9-11,15H2,1-4H3. The van der Waals surface area contributed by atoms with Gasteiger partial charge in [0.1, 0.15) is 5.82 Å². The number of imidazole rings is 1. The zero-order valence-corrected chi connectivity index (χ0v) is 12.1. The molecule has 0 amide bonds. The first kappa shape index (κ1) is 13.6. The third-order valence-electron chi connectivity index (χ3n) is 4.56. The number of nitrogens with zero attached hydrogens (tertiary/aromatic N) is 3. The van der Waals surface area contributed by atoms with Gasteiger partial charge in [-0.3, -0.25) is 4.90 Å². The molecule has 1 aromatic rings. The minimum atomic E-state index is 0.148. The van der Waals surface area contributed by atoms with Gasteiger partial charge in [0.15, 0.2) is 0 Å². The molecule has 0 spiro atoms. The molecule has 1 unspecified atom stereocenters. The highest BCUT2D eigenvalue weighted by molar-refractivity contribution is 5.03. The van der Waals surface area contributed by atoms with Crippen LogP contribution in [0.1, 0.15) is 38.9 Å². The summed E-state index contributed by atoms with van der Waals surface area (Å²) in [6.45, 7) is 6.30. The summed E-state index contributed by atoms with van der Waals surface area (Å²) in [6, 6.07) is 0. The van der Waals surface area contributed by atoms with E-state index in [4.69, 9.17) is 5.73 Å². The second kappa shape index (κ2) is 4.67. The maximum absolute atomic E-state index is 6.09. The molecule has 0 saturated heterocycles. The Bertz CT molecular complexity index is 410. The predicted octanol–water partition coefficient (Wildman–Crippen LogP) is 1.76. The molecule has 1 heterocycles. The molecule has 1 saturated carbocycles. The van der Waals surface area contributed by atoms with E-state index < -0.39 is 0 Å². The molecule has 0 radical (unpaired) electrons. The van der Waals surface area contributed by atoms with Crippen molar-refractivity contribution < 1.29 is 0 Å². The Hall–Kier alpha value is -0.870. The quantitative estimate of drug-likeness (QED) is 0.886. The summed E-state index contributed by atoms with van der Waals surface area (Å²) < 4.78 is 2.08. The molecule has 2 N–H and O–H groups in total.